The molecule has 0 bridgehead atoms. The van der Waals surface area contributed by atoms with Gasteiger partial charge in [0.1, 0.15) is 5.82 Å². The van der Waals surface area contributed by atoms with E-state index in [0.29, 0.717) is 36.9 Å². The van der Waals surface area contributed by atoms with Crippen LogP contribution in [0, 0.1) is 5.92 Å². The Balaban J connectivity index is 1.60. The minimum atomic E-state index is 0.160. The molecular formula is C15H24N4O. The number of hydrogen-bond donors (Lipinski definition) is 3. The monoisotopic (exact) mass is 276 g/mol. The molecule has 2 rings (SSSR count). The third kappa shape index (κ3) is 4.72. The molecule has 20 heavy (non-hydrogen) atoms. The average molecular weight is 276 g/mol. The first-order valence-corrected chi connectivity index (χ1v) is 7.47. The highest BCUT2D eigenvalue weighted by molar-refractivity contribution is 5.76. The van der Waals surface area contributed by atoms with Crippen molar-refractivity contribution in [2.45, 2.75) is 38.5 Å². The molecule has 0 atom stereocenters. The molecule has 1 fully saturated rings. The number of amides is 1. The van der Waals surface area contributed by atoms with Gasteiger partial charge in [0, 0.05) is 25.7 Å². The van der Waals surface area contributed by atoms with E-state index in [2.05, 4.69) is 15.6 Å². The number of nitrogens with one attached hydrogen (secondary N) is 2. The van der Waals surface area contributed by atoms with E-state index in [1.54, 1.807) is 18.3 Å². The maximum Gasteiger partial charge on any atom is 0.220 e. The minimum Gasteiger partial charge on any atom is -0.396 e. The van der Waals surface area contributed by atoms with E-state index in [4.69, 9.17) is 5.73 Å². The second-order valence-electron chi connectivity index (χ2n) is 5.43. The van der Waals surface area contributed by atoms with E-state index < -0.39 is 0 Å². The molecule has 1 aliphatic carbocycles. The zero-order valence-corrected chi connectivity index (χ0v) is 11.9. The molecule has 0 radical (unpaired) electrons. The van der Waals surface area contributed by atoms with Crippen molar-refractivity contribution in [3.8, 4) is 0 Å². The first-order valence-electron chi connectivity index (χ1n) is 7.47. The van der Waals surface area contributed by atoms with Crippen molar-refractivity contribution in [2.24, 2.45) is 5.92 Å². The maximum absolute atomic E-state index is 11.8. The summed E-state index contributed by atoms with van der Waals surface area (Å²) in [4.78, 5) is 16.0. The highest BCUT2D eigenvalue weighted by atomic mass is 16.1. The summed E-state index contributed by atoms with van der Waals surface area (Å²) in [6, 6.07) is 3.60. The van der Waals surface area contributed by atoms with Gasteiger partial charge in [0.05, 0.1) is 5.69 Å². The second-order valence-corrected chi connectivity index (χ2v) is 5.43. The molecule has 5 nitrogen and oxygen atoms in total. The van der Waals surface area contributed by atoms with Gasteiger partial charge in [0.25, 0.3) is 0 Å². The lowest BCUT2D eigenvalue weighted by Gasteiger charge is -2.20. The number of nitrogen functional groups attached to an aromatic ring is 1. The van der Waals surface area contributed by atoms with Gasteiger partial charge in [0.15, 0.2) is 0 Å². The number of aromatic nitrogens is 1. The summed E-state index contributed by atoms with van der Waals surface area (Å²) in [5.41, 5.74) is 6.40. The van der Waals surface area contributed by atoms with Gasteiger partial charge in [-0.3, -0.25) is 4.79 Å². The molecule has 110 valence electrons. The highest BCUT2D eigenvalue weighted by Gasteiger charge is 2.16. The minimum absolute atomic E-state index is 0.160. The Labute approximate surface area is 120 Å². The van der Waals surface area contributed by atoms with Crippen LogP contribution < -0.4 is 16.4 Å². The van der Waals surface area contributed by atoms with Gasteiger partial charge < -0.3 is 16.4 Å². The molecule has 0 spiro atoms. The molecule has 0 aromatic carbocycles. The highest BCUT2D eigenvalue weighted by Crippen LogP contribution is 2.25. The van der Waals surface area contributed by atoms with Crippen LogP contribution in [0.15, 0.2) is 18.3 Å². The molecule has 0 saturated heterocycles. The van der Waals surface area contributed by atoms with Gasteiger partial charge in [-0.05, 0) is 30.9 Å². The summed E-state index contributed by atoms with van der Waals surface area (Å²) >= 11 is 0. The fourth-order valence-corrected chi connectivity index (χ4v) is 2.67. The number of nitrogens with zero attached hydrogens (tertiary/aromatic N) is 1. The molecule has 1 amide bonds. The van der Waals surface area contributed by atoms with Crippen LogP contribution in [-0.2, 0) is 4.79 Å². The van der Waals surface area contributed by atoms with Crippen molar-refractivity contribution in [1.29, 1.82) is 0 Å². The molecule has 0 unspecified atom stereocenters. The van der Waals surface area contributed by atoms with Crippen LogP contribution in [-0.4, -0.2) is 24.0 Å². The smallest absolute Gasteiger partial charge is 0.220 e. The van der Waals surface area contributed by atoms with Gasteiger partial charge in [-0.25, -0.2) is 4.98 Å². The summed E-state index contributed by atoms with van der Waals surface area (Å²) in [6.07, 6.45) is 8.66. The van der Waals surface area contributed by atoms with Crippen molar-refractivity contribution in [2.75, 3.05) is 24.1 Å². The predicted molar refractivity (Wildman–Crippen MR) is 81.3 cm³/mol. The number of carbonyl (C=O) groups excluding carboxylic acids is 1. The topological polar surface area (TPSA) is 80.0 Å². The van der Waals surface area contributed by atoms with Crippen LogP contribution in [0.25, 0.3) is 0 Å². The van der Waals surface area contributed by atoms with Crippen LogP contribution in [0.5, 0.6) is 0 Å². The lowest BCUT2D eigenvalue weighted by molar-refractivity contribution is -0.122. The molecule has 5 heteroatoms. The lowest BCUT2D eigenvalue weighted by atomic mass is 9.87. The number of anilines is 2. The summed E-state index contributed by atoms with van der Waals surface area (Å²) in [5.74, 6) is 1.42. The van der Waals surface area contributed by atoms with E-state index >= 15 is 0 Å². The Hall–Kier alpha value is -1.78. The normalized spacial score (nSPS) is 15.8. The Kier molecular flexibility index (Phi) is 5.65. The molecule has 1 saturated carbocycles. The van der Waals surface area contributed by atoms with E-state index in [1.807, 2.05) is 0 Å². The number of nitrogens with two attached hydrogens (primary N) is 1. The Morgan fingerprint density at radius 2 is 2.10 bits per heavy atom. The number of rotatable bonds is 6. The number of carbonyl (C=O) groups is 1. The van der Waals surface area contributed by atoms with Crippen LogP contribution in [0.3, 0.4) is 0 Å². The van der Waals surface area contributed by atoms with Gasteiger partial charge in [-0.15, -0.1) is 0 Å². The summed E-state index contributed by atoms with van der Waals surface area (Å²) in [7, 11) is 0. The van der Waals surface area contributed by atoms with Crippen molar-refractivity contribution >= 4 is 17.4 Å². The van der Waals surface area contributed by atoms with Crippen molar-refractivity contribution < 1.29 is 4.79 Å². The molecule has 1 aromatic rings. The average Bonchev–Trinajstić information content (AvgIpc) is 2.46. The third-order valence-electron chi connectivity index (χ3n) is 3.78. The van der Waals surface area contributed by atoms with Crippen LogP contribution in [0.1, 0.15) is 38.5 Å². The van der Waals surface area contributed by atoms with Gasteiger partial charge >= 0.3 is 0 Å². The van der Waals surface area contributed by atoms with E-state index in [1.165, 1.54) is 32.1 Å². The van der Waals surface area contributed by atoms with Gasteiger partial charge in [-0.1, -0.05) is 19.3 Å². The number of pyridine rings is 1. The van der Waals surface area contributed by atoms with E-state index in [9.17, 15) is 4.79 Å². The summed E-state index contributed by atoms with van der Waals surface area (Å²) in [5, 5.41) is 6.07. The van der Waals surface area contributed by atoms with E-state index in [-0.39, 0.29) is 5.91 Å². The molecule has 4 N–H and O–H groups in total. The maximum atomic E-state index is 11.8. The van der Waals surface area contributed by atoms with E-state index in [0.717, 1.165) is 0 Å². The van der Waals surface area contributed by atoms with Crippen molar-refractivity contribution in [3.63, 3.8) is 0 Å². The fraction of sp³-hybridized carbons (Fsp3) is 0.600. The standard InChI is InChI=1S/C15H24N4O/c16-13-7-4-8-18-15(13)19-10-9-17-14(20)11-12-5-2-1-3-6-12/h4,7-8,12H,1-3,5-6,9-11,16H2,(H,17,20)(H,18,19). The largest absolute Gasteiger partial charge is 0.396 e. The van der Waals surface area contributed by atoms with Gasteiger partial charge in [-0.2, -0.15) is 0 Å². The summed E-state index contributed by atoms with van der Waals surface area (Å²) in [6.45, 7) is 1.24. The van der Waals surface area contributed by atoms with Crippen molar-refractivity contribution in [1.82, 2.24) is 10.3 Å². The predicted octanol–water partition coefficient (Wildman–Crippen LogP) is 2.16. The fourth-order valence-electron chi connectivity index (χ4n) is 2.67. The third-order valence-corrected chi connectivity index (χ3v) is 3.78. The van der Waals surface area contributed by atoms with Crippen LogP contribution in [0.4, 0.5) is 11.5 Å². The molecule has 1 aliphatic rings. The first kappa shape index (κ1) is 14.6. The quantitative estimate of drug-likeness (QED) is 0.696. The zero-order valence-electron chi connectivity index (χ0n) is 11.9. The SMILES string of the molecule is Nc1cccnc1NCCNC(=O)CC1CCCCC1. The van der Waals surface area contributed by atoms with Crippen LogP contribution >= 0.6 is 0 Å². The second kappa shape index (κ2) is 7.72. The first-order chi connectivity index (χ1) is 9.75. The van der Waals surface area contributed by atoms with Crippen LogP contribution in [0.2, 0.25) is 0 Å². The molecule has 1 aromatic heterocycles. The molecule has 0 aliphatic heterocycles. The number of hydrogen-bond acceptors (Lipinski definition) is 4. The summed E-state index contributed by atoms with van der Waals surface area (Å²) < 4.78 is 0. The molecule has 1 heterocycles. The molecular weight excluding hydrogens is 252 g/mol. The van der Waals surface area contributed by atoms with Gasteiger partial charge in [0.2, 0.25) is 5.91 Å². The Bertz CT molecular complexity index is 430. The lowest BCUT2D eigenvalue weighted by Crippen LogP contribution is -2.30. The zero-order chi connectivity index (χ0) is 14.2. The Morgan fingerprint density at radius 3 is 2.85 bits per heavy atom. The van der Waals surface area contributed by atoms with Crippen molar-refractivity contribution in [3.05, 3.63) is 18.3 Å². The Morgan fingerprint density at radius 1 is 1.30 bits per heavy atom.